The lowest BCUT2D eigenvalue weighted by molar-refractivity contribution is 0.471. The Labute approximate surface area is 119 Å². The van der Waals surface area contributed by atoms with Crippen LogP contribution >= 0.6 is 0 Å². The Morgan fingerprint density at radius 3 is 2.85 bits per heavy atom. The molecule has 0 saturated carbocycles. The summed E-state index contributed by atoms with van der Waals surface area (Å²) in [5, 5.41) is 17.8. The molecule has 1 unspecified atom stereocenters. The van der Waals surface area contributed by atoms with E-state index in [9.17, 15) is 5.11 Å². The number of aromatic nitrogens is 2. The number of hydrogen-bond acceptors (Lipinski definition) is 3. The van der Waals surface area contributed by atoms with E-state index in [1.165, 1.54) is 17.5 Å². The molecule has 2 aromatic rings. The second-order valence-corrected chi connectivity index (χ2v) is 5.64. The zero-order valence-electron chi connectivity index (χ0n) is 12.3. The highest BCUT2D eigenvalue weighted by Crippen LogP contribution is 2.35. The molecule has 4 nitrogen and oxygen atoms in total. The summed E-state index contributed by atoms with van der Waals surface area (Å²) in [5.74, 6) is 0.345. The molecule has 1 aliphatic carbocycles. The zero-order chi connectivity index (χ0) is 14.3. The molecule has 3 rings (SSSR count). The lowest BCUT2D eigenvalue weighted by Crippen LogP contribution is -2.18. The van der Waals surface area contributed by atoms with E-state index in [0.29, 0.717) is 5.75 Å². The largest absolute Gasteiger partial charge is 0.508 e. The van der Waals surface area contributed by atoms with Gasteiger partial charge in [-0.15, -0.1) is 0 Å². The van der Waals surface area contributed by atoms with Crippen LogP contribution in [0.25, 0.3) is 0 Å². The van der Waals surface area contributed by atoms with Gasteiger partial charge in [-0.25, -0.2) is 0 Å². The molecule has 1 aromatic heterocycles. The van der Waals surface area contributed by atoms with Crippen molar-refractivity contribution in [3.05, 3.63) is 40.7 Å². The molecular weight excluding hydrogens is 250 g/mol. The number of hydrogen-bond donors (Lipinski definition) is 2. The van der Waals surface area contributed by atoms with E-state index in [2.05, 4.69) is 17.3 Å². The molecular formula is C16H21N3O. The number of nitrogens with zero attached hydrogens (tertiary/aromatic N) is 2. The first kappa shape index (κ1) is 13.0. The molecule has 1 aromatic carbocycles. The van der Waals surface area contributed by atoms with Gasteiger partial charge < -0.3 is 10.4 Å². The second-order valence-electron chi connectivity index (χ2n) is 5.64. The van der Waals surface area contributed by atoms with Crippen molar-refractivity contribution in [2.45, 2.75) is 39.2 Å². The molecule has 4 heteroatoms. The molecule has 0 fully saturated rings. The van der Waals surface area contributed by atoms with Crippen molar-refractivity contribution in [1.82, 2.24) is 9.78 Å². The van der Waals surface area contributed by atoms with Crippen molar-refractivity contribution >= 4 is 5.69 Å². The van der Waals surface area contributed by atoms with Crippen LogP contribution in [0.1, 0.15) is 41.4 Å². The minimum atomic E-state index is 0.257. The average molecular weight is 271 g/mol. The van der Waals surface area contributed by atoms with Gasteiger partial charge in [0.05, 0.1) is 23.1 Å². The molecule has 0 bridgehead atoms. The Balaban J connectivity index is 1.95. The topological polar surface area (TPSA) is 50.1 Å². The number of rotatable bonds is 2. The number of fused-ring (bicyclic) bond motifs is 1. The average Bonchev–Trinajstić information content (AvgIpc) is 2.66. The molecule has 1 heterocycles. The fraction of sp³-hybridized carbons (Fsp3) is 0.438. The molecule has 1 atom stereocenters. The van der Waals surface area contributed by atoms with Crippen LogP contribution in [0.2, 0.25) is 0 Å². The minimum Gasteiger partial charge on any atom is -0.508 e. The Hall–Kier alpha value is -1.97. The molecule has 1 aliphatic rings. The molecule has 0 amide bonds. The van der Waals surface area contributed by atoms with Crippen LogP contribution in [0.5, 0.6) is 5.75 Å². The van der Waals surface area contributed by atoms with Crippen molar-refractivity contribution in [3.63, 3.8) is 0 Å². The third-order valence-electron chi connectivity index (χ3n) is 4.27. The van der Waals surface area contributed by atoms with E-state index in [1.54, 1.807) is 6.07 Å². The van der Waals surface area contributed by atoms with E-state index in [4.69, 9.17) is 0 Å². The predicted octanol–water partition coefficient (Wildman–Crippen LogP) is 3.23. The molecule has 20 heavy (non-hydrogen) atoms. The SMILES string of the molecule is Cc1nn(C)c(C)c1NC1CCCc2ccc(O)cc21. The molecule has 2 N–H and O–H groups in total. The highest BCUT2D eigenvalue weighted by atomic mass is 16.3. The van der Waals surface area contributed by atoms with E-state index >= 15 is 0 Å². The number of aryl methyl sites for hydroxylation is 3. The highest BCUT2D eigenvalue weighted by molar-refractivity contribution is 5.55. The van der Waals surface area contributed by atoms with Gasteiger partial charge in [-0.2, -0.15) is 5.10 Å². The Morgan fingerprint density at radius 2 is 2.15 bits per heavy atom. The third kappa shape index (κ3) is 2.15. The van der Waals surface area contributed by atoms with E-state index in [0.717, 1.165) is 29.9 Å². The number of phenolic OH excluding ortho intramolecular Hbond substituents is 1. The van der Waals surface area contributed by atoms with Crippen LogP contribution in [0.15, 0.2) is 18.2 Å². The second kappa shape index (κ2) is 4.85. The van der Waals surface area contributed by atoms with Crippen molar-refractivity contribution in [1.29, 1.82) is 0 Å². The van der Waals surface area contributed by atoms with Crippen molar-refractivity contribution in [2.75, 3.05) is 5.32 Å². The fourth-order valence-corrected chi connectivity index (χ4v) is 3.09. The lowest BCUT2D eigenvalue weighted by Gasteiger charge is -2.27. The molecule has 0 saturated heterocycles. The summed E-state index contributed by atoms with van der Waals surface area (Å²) in [7, 11) is 1.97. The van der Waals surface area contributed by atoms with Crippen LogP contribution in [-0.4, -0.2) is 14.9 Å². The van der Waals surface area contributed by atoms with Gasteiger partial charge in [0.2, 0.25) is 0 Å². The zero-order valence-corrected chi connectivity index (χ0v) is 12.3. The summed E-state index contributed by atoms with van der Waals surface area (Å²) in [6.07, 6.45) is 3.36. The Morgan fingerprint density at radius 1 is 1.35 bits per heavy atom. The number of phenols is 1. The van der Waals surface area contributed by atoms with Crippen LogP contribution in [0.4, 0.5) is 5.69 Å². The van der Waals surface area contributed by atoms with E-state index in [-0.39, 0.29) is 6.04 Å². The molecule has 0 radical (unpaired) electrons. The van der Waals surface area contributed by atoms with Crippen LogP contribution in [0.3, 0.4) is 0 Å². The monoisotopic (exact) mass is 271 g/mol. The Bertz CT molecular complexity index is 645. The maximum atomic E-state index is 9.74. The van der Waals surface area contributed by atoms with Gasteiger partial charge in [-0.1, -0.05) is 6.07 Å². The van der Waals surface area contributed by atoms with Gasteiger partial charge in [0.1, 0.15) is 5.75 Å². The van der Waals surface area contributed by atoms with Crippen LogP contribution in [0, 0.1) is 13.8 Å². The molecule has 0 aliphatic heterocycles. The summed E-state index contributed by atoms with van der Waals surface area (Å²) < 4.78 is 1.91. The summed E-state index contributed by atoms with van der Waals surface area (Å²) in [5.41, 5.74) is 5.85. The van der Waals surface area contributed by atoms with Gasteiger partial charge >= 0.3 is 0 Å². The van der Waals surface area contributed by atoms with Gasteiger partial charge in [-0.05, 0) is 56.4 Å². The standard InChI is InChI=1S/C16H21N3O/c1-10-16(11(2)19(3)18-10)17-15-6-4-5-12-7-8-13(20)9-14(12)15/h7-9,15,17,20H,4-6H2,1-3H3. The smallest absolute Gasteiger partial charge is 0.115 e. The summed E-state index contributed by atoms with van der Waals surface area (Å²) in [6, 6.07) is 5.98. The third-order valence-corrected chi connectivity index (χ3v) is 4.27. The summed E-state index contributed by atoms with van der Waals surface area (Å²) in [6.45, 7) is 4.11. The number of nitrogens with one attached hydrogen (secondary N) is 1. The van der Waals surface area contributed by atoms with Gasteiger partial charge in [0.25, 0.3) is 0 Å². The quantitative estimate of drug-likeness (QED) is 0.881. The highest BCUT2D eigenvalue weighted by Gasteiger charge is 2.22. The Kier molecular flexibility index (Phi) is 3.16. The maximum Gasteiger partial charge on any atom is 0.115 e. The van der Waals surface area contributed by atoms with Crippen molar-refractivity contribution in [3.8, 4) is 5.75 Å². The summed E-state index contributed by atoms with van der Waals surface area (Å²) >= 11 is 0. The summed E-state index contributed by atoms with van der Waals surface area (Å²) in [4.78, 5) is 0. The lowest BCUT2D eigenvalue weighted by atomic mass is 9.87. The first-order valence-corrected chi connectivity index (χ1v) is 7.15. The van der Waals surface area contributed by atoms with E-state index in [1.807, 2.05) is 30.8 Å². The van der Waals surface area contributed by atoms with Crippen molar-refractivity contribution in [2.24, 2.45) is 7.05 Å². The number of benzene rings is 1. The van der Waals surface area contributed by atoms with Gasteiger partial charge in [0, 0.05) is 7.05 Å². The first-order chi connectivity index (χ1) is 9.56. The van der Waals surface area contributed by atoms with Crippen LogP contribution in [-0.2, 0) is 13.5 Å². The van der Waals surface area contributed by atoms with Crippen LogP contribution < -0.4 is 5.32 Å². The predicted molar refractivity (Wildman–Crippen MR) is 80.1 cm³/mol. The van der Waals surface area contributed by atoms with Gasteiger partial charge in [-0.3, -0.25) is 4.68 Å². The minimum absolute atomic E-state index is 0.257. The number of anilines is 1. The van der Waals surface area contributed by atoms with Gasteiger partial charge in [0.15, 0.2) is 0 Å². The fourth-order valence-electron chi connectivity index (χ4n) is 3.09. The normalized spacial score (nSPS) is 17.9. The first-order valence-electron chi connectivity index (χ1n) is 7.15. The number of aromatic hydroxyl groups is 1. The molecule has 106 valence electrons. The van der Waals surface area contributed by atoms with E-state index < -0.39 is 0 Å². The van der Waals surface area contributed by atoms with Crippen molar-refractivity contribution < 1.29 is 5.11 Å². The molecule has 0 spiro atoms. The maximum absolute atomic E-state index is 9.74.